The van der Waals surface area contributed by atoms with E-state index in [4.69, 9.17) is 0 Å². The van der Waals surface area contributed by atoms with Crippen LogP contribution in [-0.4, -0.2) is 18.8 Å². The van der Waals surface area contributed by atoms with Gasteiger partial charge >= 0.3 is 6.61 Å². The number of ether oxygens (including phenoxy) is 1. The molecule has 1 amide bonds. The topological polar surface area (TPSA) is 38.3 Å². The second kappa shape index (κ2) is 7.97. The Bertz CT molecular complexity index is 675. The SMILES string of the molecule is CSc1ccc(C)c(C(=O)NCc2ccc(OC(F)F)cc2)c1. The first kappa shape index (κ1) is 17.3. The lowest BCUT2D eigenvalue weighted by atomic mass is 10.1. The van der Waals surface area contributed by atoms with Gasteiger partial charge in [0, 0.05) is 17.0 Å². The number of benzene rings is 2. The maximum Gasteiger partial charge on any atom is 0.387 e. The monoisotopic (exact) mass is 337 g/mol. The van der Waals surface area contributed by atoms with Crippen LogP contribution in [0.5, 0.6) is 5.75 Å². The van der Waals surface area contributed by atoms with E-state index in [0.717, 1.165) is 16.0 Å². The molecular formula is C17H17F2NO2S. The molecule has 0 fully saturated rings. The van der Waals surface area contributed by atoms with E-state index >= 15 is 0 Å². The third-order valence-corrected chi connectivity index (χ3v) is 4.02. The van der Waals surface area contributed by atoms with Gasteiger partial charge in [0.2, 0.25) is 0 Å². The normalized spacial score (nSPS) is 10.7. The second-order valence-electron chi connectivity index (χ2n) is 4.89. The second-order valence-corrected chi connectivity index (χ2v) is 5.77. The summed E-state index contributed by atoms with van der Waals surface area (Å²) < 4.78 is 28.4. The highest BCUT2D eigenvalue weighted by atomic mass is 32.2. The van der Waals surface area contributed by atoms with Crippen LogP contribution in [0.2, 0.25) is 0 Å². The number of amides is 1. The predicted molar refractivity (Wildman–Crippen MR) is 87.2 cm³/mol. The molecule has 6 heteroatoms. The summed E-state index contributed by atoms with van der Waals surface area (Å²) in [6.45, 7) is -0.640. The molecule has 0 aliphatic heterocycles. The van der Waals surface area contributed by atoms with Crippen molar-refractivity contribution >= 4 is 17.7 Å². The molecule has 0 aromatic heterocycles. The van der Waals surface area contributed by atoms with Crippen LogP contribution in [0.4, 0.5) is 8.78 Å². The number of hydrogen-bond donors (Lipinski definition) is 1. The molecule has 1 N–H and O–H groups in total. The fourth-order valence-electron chi connectivity index (χ4n) is 2.04. The van der Waals surface area contributed by atoms with Crippen molar-refractivity contribution in [2.45, 2.75) is 25.0 Å². The number of rotatable bonds is 6. The van der Waals surface area contributed by atoms with Gasteiger partial charge in [-0.3, -0.25) is 4.79 Å². The molecule has 0 saturated heterocycles. The molecule has 0 atom stereocenters. The summed E-state index contributed by atoms with van der Waals surface area (Å²) in [5.41, 5.74) is 2.34. The molecule has 0 heterocycles. The largest absolute Gasteiger partial charge is 0.435 e. The van der Waals surface area contributed by atoms with Gasteiger partial charge in [-0.2, -0.15) is 8.78 Å². The Labute approximate surface area is 138 Å². The number of carbonyl (C=O) groups excluding carboxylic acids is 1. The first-order valence-electron chi connectivity index (χ1n) is 6.96. The van der Waals surface area contributed by atoms with Gasteiger partial charge in [-0.25, -0.2) is 0 Å². The first-order chi connectivity index (χ1) is 11.0. The molecule has 0 unspecified atom stereocenters. The Kier molecular flexibility index (Phi) is 5.98. The van der Waals surface area contributed by atoms with Crippen LogP contribution < -0.4 is 10.1 Å². The Morgan fingerprint density at radius 2 is 1.91 bits per heavy atom. The van der Waals surface area contributed by atoms with Crippen LogP contribution in [0.25, 0.3) is 0 Å². The lowest BCUT2D eigenvalue weighted by molar-refractivity contribution is -0.0498. The number of thioether (sulfide) groups is 1. The van der Waals surface area contributed by atoms with Gasteiger partial charge in [0.25, 0.3) is 5.91 Å². The summed E-state index contributed by atoms with van der Waals surface area (Å²) in [6, 6.07) is 11.9. The van der Waals surface area contributed by atoms with Crippen molar-refractivity contribution in [2.24, 2.45) is 0 Å². The zero-order valence-corrected chi connectivity index (χ0v) is 13.6. The zero-order chi connectivity index (χ0) is 16.8. The molecule has 2 aromatic carbocycles. The van der Waals surface area contributed by atoms with Crippen LogP contribution in [0.3, 0.4) is 0 Å². The lowest BCUT2D eigenvalue weighted by Gasteiger charge is -2.10. The summed E-state index contributed by atoms with van der Waals surface area (Å²) in [5.74, 6) is -0.0649. The number of alkyl halides is 2. The molecule has 0 saturated carbocycles. The van der Waals surface area contributed by atoms with Crippen molar-refractivity contribution in [3.8, 4) is 5.75 Å². The number of nitrogens with one attached hydrogen (secondary N) is 1. The highest BCUT2D eigenvalue weighted by molar-refractivity contribution is 7.98. The third-order valence-electron chi connectivity index (χ3n) is 3.29. The summed E-state index contributed by atoms with van der Waals surface area (Å²) in [7, 11) is 0. The van der Waals surface area contributed by atoms with Crippen LogP contribution in [-0.2, 0) is 6.54 Å². The lowest BCUT2D eigenvalue weighted by Crippen LogP contribution is -2.23. The van der Waals surface area contributed by atoms with Gasteiger partial charge in [0.1, 0.15) is 5.75 Å². The van der Waals surface area contributed by atoms with Crippen LogP contribution in [0.1, 0.15) is 21.5 Å². The maximum atomic E-state index is 12.3. The summed E-state index contributed by atoms with van der Waals surface area (Å²) in [5, 5.41) is 2.83. The van der Waals surface area contributed by atoms with E-state index in [0.29, 0.717) is 12.1 Å². The van der Waals surface area contributed by atoms with Crippen molar-refractivity contribution in [1.29, 1.82) is 0 Å². The van der Waals surface area contributed by atoms with Crippen molar-refractivity contribution < 1.29 is 18.3 Å². The van der Waals surface area contributed by atoms with E-state index in [-0.39, 0.29) is 11.7 Å². The molecule has 23 heavy (non-hydrogen) atoms. The molecular weight excluding hydrogens is 320 g/mol. The van der Waals surface area contributed by atoms with Crippen LogP contribution >= 0.6 is 11.8 Å². The number of halogens is 2. The number of aryl methyl sites for hydroxylation is 1. The number of carbonyl (C=O) groups is 1. The average Bonchev–Trinajstić information content (AvgIpc) is 2.54. The van der Waals surface area contributed by atoms with E-state index < -0.39 is 6.61 Å². The Morgan fingerprint density at radius 3 is 2.52 bits per heavy atom. The molecule has 0 aliphatic carbocycles. The van der Waals surface area contributed by atoms with E-state index in [9.17, 15) is 13.6 Å². The fraction of sp³-hybridized carbons (Fsp3) is 0.235. The molecule has 2 rings (SSSR count). The van der Waals surface area contributed by atoms with Crippen LogP contribution in [0.15, 0.2) is 47.4 Å². The maximum absolute atomic E-state index is 12.3. The molecule has 2 aromatic rings. The van der Waals surface area contributed by atoms with Gasteiger partial charge in [-0.15, -0.1) is 11.8 Å². The fourth-order valence-corrected chi connectivity index (χ4v) is 2.48. The zero-order valence-electron chi connectivity index (χ0n) is 12.8. The van der Waals surface area contributed by atoms with E-state index in [1.54, 1.807) is 23.9 Å². The Morgan fingerprint density at radius 1 is 1.22 bits per heavy atom. The number of hydrogen-bond acceptors (Lipinski definition) is 3. The van der Waals surface area contributed by atoms with Gasteiger partial charge < -0.3 is 10.1 Å². The van der Waals surface area contributed by atoms with Gasteiger partial charge in [0.05, 0.1) is 0 Å². The van der Waals surface area contributed by atoms with Crippen molar-refractivity contribution in [3.63, 3.8) is 0 Å². The van der Waals surface area contributed by atoms with E-state index in [1.165, 1.54) is 12.1 Å². The smallest absolute Gasteiger partial charge is 0.387 e. The summed E-state index contributed by atoms with van der Waals surface area (Å²) in [6.07, 6.45) is 1.95. The van der Waals surface area contributed by atoms with Gasteiger partial charge in [-0.05, 0) is 48.6 Å². The summed E-state index contributed by atoms with van der Waals surface area (Å²) in [4.78, 5) is 13.3. The quantitative estimate of drug-likeness (QED) is 0.801. The minimum Gasteiger partial charge on any atom is -0.435 e. The van der Waals surface area contributed by atoms with Crippen molar-refractivity contribution in [2.75, 3.05) is 6.26 Å². The minimum absolute atomic E-state index is 0.0959. The van der Waals surface area contributed by atoms with Gasteiger partial charge in [0.15, 0.2) is 0 Å². The molecule has 0 bridgehead atoms. The molecule has 3 nitrogen and oxygen atoms in total. The standard InChI is InChI=1S/C17H17F2NO2S/c1-11-3-8-14(23-2)9-15(11)16(21)20-10-12-4-6-13(7-5-12)22-17(18)19/h3-9,17H,10H2,1-2H3,(H,20,21). The van der Waals surface area contributed by atoms with E-state index in [1.807, 2.05) is 31.4 Å². The average molecular weight is 337 g/mol. The summed E-state index contributed by atoms with van der Waals surface area (Å²) >= 11 is 1.57. The third kappa shape index (κ3) is 4.96. The van der Waals surface area contributed by atoms with Crippen molar-refractivity contribution in [3.05, 3.63) is 59.2 Å². The molecule has 0 aliphatic rings. The van der Waals surface area contributed by atoms with Gasteiger partial charge in [-0.1, -0.05) is 18.2 Å². The molecule has 0 radical (unpaired) electrons. The molecule has 122 valence electrons. The highest BCUT2D eigenvalue weighted by Gasteiger charge is 2.10. The highest BCUT2D eigenvalue weighted by Crippen LogP contribution is 2.19. The Hall–Kier alpha value is -2.08. The Balaban J connectivity index is 1.99. The predicted octanol–water partition coefficient (Wildman–Crippen LogP) is 4.25. The van der Waals surface area contributed by atoms with E-state index in [2.05, 4.69) is 10.1 Å². The first-order valence-corrected chi connectivity index (χ1v) is 8.18. The molecule has 0 spiro atoms. The minimum atomic E-state index is -2.84. The van der Waals surface area contributed by atoms with Crippen molar-refractivity contribution in [1.82, 2.24) is 5.32 Å². The van der Waals surface area contributed by atoms with Crippen LogP contribution in [0, 0.1) is 6.92 Å².